The molecule has 0 saturated carbocycles. The molecule has 2 aromatic rings. The van der Waals surface area contributed by atoms with E-state index in [2.05, 4.69) is 4.98 Å². The highest BCUT2D eigenvalue weighted by Gasteiger charge is 2.44. The van der Waals surface area contributed by atoms with E-state index in [1.807, 2.05) is 0 Å². The van der Waals surface area contributed by atoms with E-state index in [4.69, 9.17) is 14.5 Å². The van der Waals surface area contributed by atoms with Crippen LogP contribution in [0.4, 0.5) is 13.2 Å². The minimum atomic E-state index is -4.90. The molecule has 0 fully saturated rings. The van der Waals surface area contributed by atoms with Gasteiger partial charge in [0.2, 0.25) is 0 Å². The number of rotatable bonds is 5. The second kappa shape index (κ2) is 6.43. The number of halogens is 3. The van der Waals surface area contributed by atoms with Crippen LogP contribution in [0.15, 0.2) is 24.4 Å². The Labute approximate surface area is 129 Å². The SMILES string of the molecule is CCOP(=O)(OCC)c1c(C(F)(F)F)nc2ccccn2c1=N. The first kappa shape index (κ1) is 17.7. The van der Waals surface area contributed by atoms with Crippen LogP contribution in [-0.4, -0.2) is 22.6 Å². The Morgan fingerprint density at radius 3 is 2.39 bits per heavy atom. The molecule has 0 radical (unpaired) electrons. The lowest BCUT2D eigenvalue weighted by molar-refractivity contribution is -0.140. The summed E-state index contributed by atoms with van der Waals surface area (Å²) in [7, 11) is -4.34. The molecule has 0 amide bonds. The Balaban J connectivity index is 2.92. The summed E-state index contributed by atoms with van der Waals surface area (Å²) in [5, 5.41) is 7.19. The van der Waals surface area contributed by atoms with Crippen molar-refractivity contribution in [3.63, 3.8) is 0 Å². The normalized spacial score (nSPS) is 12.7. The van der Waals surface area contributed by atoms with Gasteiger partial charge in [0.25, 0.3) is 0 Å². The maximum atomic E-state index is 13.4. The predicted octanol–water partition coefficient (Wildman–Crippen LogP) is 2.72. The van der Waals surface area contributed by atoms with Crippen LogP contribution in [-0.2, 0) is 19.8 Å². The molecule has 0 bridgehead atoms. The molecular weight excluding hydrogens is 334 g/mol. The highest BCUT2D eigenvalue weighted by Crippen LogP contribution is 2.48. The lowest BCUT2D eigenvalue weighted by Gasteiger charge is -2.21. The molecule has 0 atom stereocenters. The first-order chi connectivity index (χ1) is 10.7. The number of nitrogens with zero attached hydrogens (tertiary/aromatic N) is 2. The lowest BCUT2D eigenvalue weighted by Crippen LogP contribution is -2.39. The predicted molar refractivity (Wildman–Crippen MR) is 76.5 cm³/mol. The zero-order valence-electron chi connectivity index (χ0n) is 12.4. The molecule has 2 aromatic heterocycles. The minimum absolute atomic E-state index is 0.0897. The second-order valence-corrected chi connectivity index (χ2v) is 6.38. The molecule has 10 heteroatoms. The summed E-state index contributed by atoms with van der Waals surface area (Å²) in [4.78, 5) is 3.52. The number of nitrogens with one attached hydrogen (secondary N) is 1. The maximum absolute atomic E-state index is 13.4. The molecule has 0 unspecified atom stereocenters. The van der Waals surface area contributed by atoms with Gasteiger partial charge in [0.1, 0.15) is 16.4 Å². The number of alkyl halides is 3. The van der Waals surface area contributed by atoms with Gasteiger partial charge in [-0.3, -0.25) is 14.4 Å². The number of hydrogen-bond donors (Lipinski definition) is 1. The van der Waals surface area contributed by atoms with E-state index in [1.54, 1.807) is 0 Å². The van der Waals surface area contributed by atoms with Crippen LogP contribution in [0, 0.1) is 5.41 Å². The third kappa shape index (κ3) is 3.31. The zero-order valence-corrected chi connectivity index (χ0v) is 13.3. The first-order valence-corrected chi connectivity index (χ1v) is 8.31. The van der Waals surface area contributed by atoms with Crippen LogP contribution >= 0.6 is 7.60 Å². The Morgan fingerprint density at radius 1 is 1.26 bits per heavy atom. The minimum Gasteiger partial charge on any atom is -0.305 e. The molecule has 23 heavy (non-hydrogen) atoms. The van der Waals surface area contributed by atoms with E-state index in [0.29, 0.717) is 0 Å². The topological polar surface area (TPSA) is 76.7 Å². The Kier molecular flexibility index (Phi) is 4.93. The van der Waals surface area contributed by atoms with Crippen molar-refractivity contribution in [3.8, 4) is 0 Å². The monoisotopic (exact) mass is 349 g/mol. The van der Waals surface area contributed by atoms with Gasteiger partial charge in [-0.1, -0.05) is 6.07 Å². The summed E-state index contributed by atoms with van der Waals surface area (Å²) < 4.78 is 64.0. The maximum Gasteiger partial charge on any atom is 0.434 e. The van der Waals surface area contributed by atoms with Crippen LogP contribution in [0.3, 0.4) is 0 Å². The van der Waals surface area contributed by atoms with Crippen molar-refractivity contribution in [2.45, 2.75) is 20.0 Å². The Bertz CT molecular complexity index is 809. The molecule has 0 spiro atoms. The first-order valence-electron chi connectivity index (χ1n) is 6.77. The quantitative estimate of drug-likeness (QED) is 0.842. The summed E-state index contributed by atoms with van der Waals surface area (Å²) in [6, 6.07) is 4.34. The molecule has 2 rings (SSSR count). The van der Waals surface area contributed by atoms with E-state index in [1.165, 1.54) is 38.2 Å². The number of aromatic nitrogens is 2. The summed E-state index contributed by atoms with van der Waals surface area (Å²) in [5.41, 5.74) is -2.15. The fourth-order valence-electron chi connectivity index (χ4n) is 2.07. The highest BCUT2D eigenvalue weighted by atomic mass is 31.2. The van der Waals surface area contributed by atoms with Crippen LogP contribution in [0.5, 0.6) is 0 Å². The van der Waals surface area contributed by atoms with Crippen molar-refractivity contribution in [1.82, 2.24) is 9.38 Å². The molecule has 6 nitrogen and oxygen atoms in total. The molecule has 0 aromatic carbocycles. The van der Waals surface area contributed by atoms with Crippen LogP contribution < -0.4 is 10.8 Å². The average molecular weight is 349 g/mol. The zero-order chi connectivity index (χ0) is 17.3. The van der Waals surface area contributed by atoms with Gasteiger partial charge < -0.3 is 9.05 Å². The van der Waals surface area contributed by atoms with Crippen LogP contribution in [0.1, 0.15) is 19.5 Å². The fraction of sp³-hybridized carbons (Fsp3) is 0.385. The van der Waals surface area contributed by atoms with Gasteiger partial charge in [0.05, 0.1) is 13.2 Å². The van der Waals surface area contributed by atoms with Gasteiger partial charge in [-0.25, -0.2) is 4.98 Å². The molecular formula is C13H15F3N3O3P. The van der Waals surface area contributed by atoms with Crippen LogP contribution in [0.25, 0.3) is 5.65 Å². The van der Waals surface area contributed by atoms with Crippen molar-refractivity contribution >= 4 is 18.5 Å². The standard InChI is InChI=1S/C13H15F3N3O3P/c1-3-21-23(20,22-4-2)10-11(13(14,15)16)18-9-7-5-6-8-19(9)12(10)17/h5-8,17H,3-4H2,1-2H3. The number of hydrogen-bond acceptors (Lipinski definition) is 5. The Morgan fingerprint density at radius 2 is 1.87 bits per heavy atom. The van der Waals surface area contributed by atoms with E-state index >= 15 is 0 Å². The van der Waals surface area contributed by atoms with Crippen molar-refractivity contribution in [3.05, 3.63) is 35.6 Å². The van der Waals surface area contributed by atoms with Gasteiger partial charge in [0, 0.05) is 6.20 Å². The molecule has 1 N–H and O–H groups in total. The van der Waals surface area contributed by atoms with Gasteiger partial charge in [0.15, 0.2) is 5.69 Å². The molecule has 0 aliphatic heterocycles. The fourth-order valence-corrected chi connectivity index (χ4v) is 3.89. The van der Waals surface area contributed by atoms with E-state index in [9.17, 15) is 17.7 Å². The molecule has 126 valence electrons. The lowest BCUT2D eigenvalue weighted by atomic mass is 10.3. The van der Waals surface area contributed by atoms with Crippen molar-refractivity contribution in [2.75, 3.05) is 13.2 Å². The summed E-state index contributed by atoms with van der Waals surface area (Å²) in [6.45, 7) is 2.69. The van der Waals surface area contributed by atoms with Gasteiger partial charge in [-0.15, -0.1) is 0 Å². The summed E-state index contributed by atoms with van der Waals surface area (Å²) >= 11 is 0. The molecule has 2 heterocycles. The third-order valence-electron chi connectivity index (χ3n) is 2.89. The largest absolute Gasteiger partial charge is 0.434 e. The Hall–Kier alpha value is -1.70. The van der Waals surface area contributed by atoms with Gasteiger partial charge in [-0.05, 0) is 26.0 Å². The smallest absolute Gasteiger partial charge is 0.305 e. The van der Waals surface area contributed by atoms with E-state index in [-0.39, 0.29) is 18.9 Å². The van der Waals surface area contributed by atoms with Crippen molar-refractivity contribution < 1.29 is 26.8 Å². The second-order valence-electron chi connectivity index (χ2n) is 4.42. The van der Waals surface area contributed by atoms with Crippen molar-refractivity contribution in [1.29, 1.82) is 5.41 Å². The van der Waals surface area contributed by atoms with E-state index < -0.39 is 30.3 Å². The third-order valence-corrected chi connectivity index (χ3v) is 5.06. The summed E-state index contributed by atoms with van der Waals surface area (Å²) in [5.74, 6) is 0. The molecule has 0 aliphatic carbocycles. The number of fused-ring (bicyclic) bond motifs is 1. The molecule has 0 aliphatic rings. The van der Waals surface area contributed by atoms with Crippen molar-refractivity contribution in [2.24, 2.45) is 0 Å². The van der Waals surface area contributed by atoms with Gasteiger partial charge >= 0.3 is 13.8 Å². The number of pyridine rings is 1. The highest BCUT2D eigenvalue weighted by molar-refractivity contribution is 7.62. The summed E-state index contributed by atoms with van der Waals surface area (Å²) in [6.07, 6.45) is -3.55. The molecule has 0 saturated heterocycles. The van der Waals surface area contributed by atoms with E-state index in [0.717, 1.165) is 4.40 Å². The average Bonchev–Trinajstić information content (AvgIpc) is 2.46. The van der Waals surface area contributed by atoms with Crippen LogP contribution in [0.2, 0.25) is 0 Å². The van der Waals surface area contributed by atoms with Gasteiger partial charge in [-0.2, -0.15) is 13.2 Å².